The van der Waals surface area contributed by atoms with Gasteiger partial charge in [-0.3, -0.25) is 15.0 Å². The van der Waals surface area contributed by atoms with E-state index >= 15 is 0 Å². The average molecular weight is 1360 g/mol. The Balaban J connectivity index is 0.00000800. The summed E-state index contributed by atoms with van der Waals surface area (Å²) in [6.45, 7) is 19.8. The summed E-state index contributed by atoms with van der Waals surface area (Å²) in [6, 6.07) is 77.6. The van der Waals surface area contributed by atoms with Gasteiger partial charge in [-0.1, -0.05) is 127 Å². The van der Waals surface area contributed by atoms with Crippen LogP contribution in [-0.2, 0) is 58.6 Å². The fraction of sp³-hybridized carbons (Fsp3) is 0.179. The molecular weight excluding hydrogens is 1290 g/mol. The molecule has 0 radical (unpaired) electrons. The first-order valence-corrected chi connectivity index (χ1v) is 31.6. The molecule has 0 amide bonds. The van der Waals surface area contributed by atoms with Crippen molar-refractivity contribution in [2.45, 2.75) is 101 Å². The summed E-state index contributed by atoms with van der Waals surface area (Å²) in [6.07, 6.45) is 17.3. The van der Waals surface area contributed by atoms with Crippen LogP contribution in [0.3, 0.4) is 0 Å². The van der Waals surface area contributed by atoms with Gasteiger partial charge in [-0.25, -0.2) is 0 Å². The van der Waals surface area contributed by atoms with Gasteiger partial charge in [0.2, 0.25) is 0 Å². The topological polar surface area (TPSA) is 53.5 Å². The van der Waals surface area contributed by atoms with E-state index < -0.39 is 0 Å². The van der Waals surface area contributed by atoms with Gasteiger partial charge in [-0.05, 0) is 201 Å². The van der Waals surface area contributed by atoms with E-state index in [0.717, 1.165) is 89.8 Å². The van der Waals surface area contributed by atoms with Crippen molar-refractivity contribution >= 4 is 0 Å². The first kappa shape index (κ1) is 61.7. The molecule has 13 rings (SSSR count). The Morgan fingerprint density at radius 3 is 0.824 bits per heavy atom. The van der Waals surface area contributed by atoms with Crippen LogP contribution in [0.15, 0.2) is 219 Å². The third-order valence-corrected chi connectivity index (χ3v) is 18.2. The molecule has 91 heavy (non-hydrogen) atoms. The number of benzene rings is 10. The van der Waals surface area contributed by atoms with Crippen molar-refractivity contribution in [3.8, 4) is 84.6 Å². The summed E-state index contributed by atoms with van der Waals surface area (Å²) >= 11 is 0. The van der Waals surface area contributed by atoms with E-state index in [9.17, 15) is 0 Å². The van der Waals surface area contributed by atoms with Crippen molar-refractivity contribution in [1.82, 2.24) is 28.7 Å². The van der Waals surface area contributed by atoms with Crippen LogP contribution in [0.4, 0.5) is 0 Å². The molecule has 0 aliphatic carbocycles. The molecule has 0 aliphatic rings. The van der Waals surface area contributed by atoms with E-state index in [1.807, 2.05) is 18.6 Å². The van der Waals surface area contributed by atoms with E-state index in [0.29, 0.717) is 0 Å². The molecule has 0 saturated heterocycles. The first-order valence-electron chi connectivity index (χ1n) is 31.6. The van der Waals surface area contributed by atoms with Crippen LogP contribution in [0.1, 0.15) is 83.5 Å². The maximum absolute atomic E-state index is 4.92. The van der Waals surface area contributed by atoms with Crippen molar-refractivity contribution in [3.63, 3.8) is 0 Å². The van der Waals surface area contributed by atoms with Crippen molar-refractivity contribution in [3.05, 3.63) is 321 Å². The van der Waals surface area contributed by atoms with Crippen LogP contribution in [0.5, 0.6) is 0 Å². The van der Waals surface area contributed by atoms with Gasteiger partial charge in [0, 0.05) is 54.2 Å². The molecule has 3 aromatic heterocycles. The minimum atomic E-state index is 0. The number of nitrogens with zero attached hydrogens (tertiary/aromatic N) is 6. The maximum atomic E-state index is 4.92. The van der Waals surface area contributed by atoms with Crippen LogP contribution in [-0.4, -0.2) is 28.7 Å². The molecule has 0 aliphatic heterocycles. The molecule has 450 valence electrons. The zero-order chi connectivity index (χ0) is 62.0. The molecule has 0 atom stereocenters. The van der Waals surface area contributed by atoms with Gasteiger partial charge in [-0.2, -0.15) is 0 Å². The second-order valence-corrected chi connectivity index (χ2v) is 24.5. The molecule has 0 saturated carbocycles. The monoisotopic (exact) mass is 1360 g/mol. The second kappa shape index (κ2) is 26.9. The van der Waals surface area contributed by atoms with Gasteiger partial charge >= 0.3 is 20.1 Å². The summed E-state index contributed by atoms with van der Waals surface area (Å²) in [4.78, 5) is 14.8. The Labute approximate surface area is 551 Å². The number of rotatable bonds is 18. The van der Waals surface area contributed by atoms with Crippen LogP contribution >= 0.6 is 0 Å². The summed E-state index contributed by atoms with van der Waals surface area (Å²) in [5.74, 6) is 2.66. The zero-order valence-electron chi connectivity index (χ0n) is 53.5. The van der Waals surface area contributed by atoms with Crippen LogP contribution in [0, 0.1) is 80.5 Å². The van der Waals surface area contributed by atoms with Gasteiger partial charge in [0.05, 0.1) is 17.5 Å². The van der Waals surface area contributed by atoms with Gasteiger partial charge < -0.3 is 13.7 Å². The van der Waals surface area contributed by atoms with Crippen LogP contribution in [0.2, 0.25) is 0 Å². The minimum absolute atomic E-state index is 0. The number of para-hydroxylation sites is 3. The predicted octanol–water partition coefficient (Wildman–Crippen LogP) is 19.8. The van der Waals surface area contributed by atoms with Gasteiger partial charge in [0.1, 0.15) is 0 Å². The molecule has 0 bridgehead atoms. The van der Waals surface area contributed by atoms with Gasteiger partial charge in [-0.15, -0.1) is 106 Å². The number of aryl methyl sites for hydroxylation is 15. The van der Waals surface area contributed by atoms with Crippen LogP contribution < -0.4 is 0 Å². The van der Waals surface area contributed by atoms with Crippen molar-refractivity contribution < 1.29 is 20.1 Å². The molecule has 13 aromatic rings. The fourth-order valence-electron chi connectivity index (χ4n) is 14.0. The molecular formula is C84H75IrN6. The first-order chi connectivity index (χ1) is 43.8. The molecule has 7 heteroatoms. The van der Waals surface area contributed by atoms with Crippen molar-refractivity contribution in [1.29, 1.82) is 0 Å². The fourth-order valence-corrected chi connectivity index (χ4v) is 14.0. The summed E-state index contributed by atoms with van der Waals surface area (Å²) in [5.41, 5.74) is 32.8. The SMILES string of the molecule is Cc1cccc(CCc2cc(CCc3cccc(C)c3-c3cc[c-]c(-c4nccn4-c4c(C)cccc4C)c3)cc(CCc3cccc(C)c3-c3cc[c-]c(-c4nccn4-c4c(C)cccc4C)c3)c2)c1-c1cc[c-]c(-c2nccn2-c2c(C)cccc2C)c1.[Ir+3]. The number of hydrogen-bond donors (Lipinski definition) is 0. The number of hydrogen-bond acceptors (Lipinski definition) is 3. The molecule has 0 unspecified atom stereocenters. The molecule has 0 N–H and O–H groups in total. The summed E-state index contributed by atoms with van der Waals surface area (Å²) in [7, 11) is 0. The Kier molecular flexibility index (Phi) is 18.2. The van der Waals surface area contributed by atoms with Gasteiger partial charge in [0.25, 0.3) is 0 Å². The van der Waals surface area contributed by atoms with E-state index in [2.05, 4.69) is 295 Å². The Hall–Kier alpha value is -9.52. The Morgan fingerprint density at radius 1 is 0.297 bits per heavy atom. The third-order valence-electron chi connectivity index (χ3n) is 18.2. The molecule has 3 heterocycles. The standard InChI is InChI=1S/C84H75N6.Ir/c1-55-19-13-28-67(76(55)70-31-16-34-73(52-70)82-85-43-46-88(82)79-58(4)22-10-23-59(79)5)40-37-64-49-65(38-41-68-29-14-20-56(2)77(68)71-32-17-35-74(53-71)83-86-44-47-89(83)80-60(6)24-11-25-61(80)7)51-66(50-64)39-42-69-30-15-21-57(3)78(69)72-33-18-36-75(54-72)84-87-45-48-90(84)81-62(8)26-12-27-63(81)9;/h10-33,43-54H,37-42H2,1-9H3;/q-3;+3. The Morgan fingerprint density at radius 2 is 0.549 bits per heavy atom. The Bertz CT molecular complexity index is 4250. The molecule has 0 spiro atoms. The normalized spacial score (nSPS) is 11.3. The second-order valence-electron chi connectivity index (χ2n) is 24.5. The summed E-state index contributed by atoms with van der Waals surface area (Å²) in [5, 5.41) is 0. The molecule has 0 fully saturated rings. The minimum Gasteiger partial charge on any atom is -0.340 e. The average Bonchev–Trinajstić information content (AvgIpc) is 1.91. The number of aromatic nitrogens is 6. The smallest absolute Gasteiger partial charge is 0.340 e. The van der Waals surface area contributed by atoms with Crippen molar-refractivity contribution in [2.75, 3.05) is 0 Å². The van der Waals surface area contributed by atoms with Gasteiger partial charge in [0.15, 0.2) is 0 Å². The predicted molar refractivity (Wildman–Crippen MR) is 371 cm³/mol. The van der Waals surface area contributed by atoms with E-state index in [1.54, 1.807) is 0 Å². The van der Waals surface area contributed by atoms with Crippen molar-refractivity contribution in [2.24, 2.45) is 0 Å². The zero-order valence-corrected chi connectivity index (χ0v) is 55.9. The van der Waals surface area contributed by atoms with Crippen LogP contribution in [0.25, 0.3) is 84.6 Å². The summed E-state index contributed by atoms with van der Waals surface area (Å²) < 4.78 is 6.65. The quantitative estimate of drug-likeness (QED) is 0.0805. The molecule has 6 nitrogen and oxygen atoms in total. The third kappa shape index (κ3) is 12.7. The largest absolute Gasteiger partial charge is 3.00 e. The van der Waals surface area contributed by atoms with E-state index in [4.69, 9.17) is 15.0 Å². The molecule has 10 aromatic carbocycles. The van der Waals surface area contributed by atoms with E-state index in [1.165, 1.54) is 117 Å². The van der Waals surface area contributed by atoms with E-state index in [-0.39, 0.29) is 20.1 Å². The maximum Gasteiger partial charge on any atom is 3.00 e. The number of imidazole rings is 3.